The van der Waals surface area contributed by atoms with Crippen molar-refractivity contribution in [2.45, 2.75) is 39.0 Å². The minimum Gasteiger partial charge on any atom is -0.399 e. The van der Waals surface area contributed by atoms with Gasteiger partial charge in [-0.3, -0.25) is 0 Å². The third kappa shape index (κ3) is 2.34. The number of hydrogen-bond donors (Lipinski definition) is 1. The molecule has 1 nitrogen and oxygen atoms in total. The van der Waals surface area contributed by atoms with Crippen LogP contribution in [0.2, 0.25) is 0 Å². The predicted octanol–water partition coefficient (Wildman–Crippen LogP) is 3.81. The van der Waals surface area contributed by atoms with E-state index in [1.807, 2.05) is 12.1 Å². The fraction of sp³-hybridized carbons (Fsp3) is 0.571. The summed E-state index contributed by atoms with van der Waals surface area (Å²) in [7, 11) is 0. The molecule has 0 aliphatic heterocycles. The zero-order chi connectivity index (χ0) is 10.8. The first kappa shape index (κ1) is 10.5. The van der Waals surface area contributed by atoms with E-state index in [1.165, 1.54) is 24.8 Å². The lowest BCUT2D eigenvalue weighted by Crippen LogP contribution is -2.19. The average molecular weight is 203 g/mol. The molecule has 0 amide bonds. The van der Waals surface area contributed by atoms with Crippen LogP contribution in [0.3, 0.4) is 0 Å². The molecule has 1 aliphatic rings. The van der Waals surface area contributed by atoms with Crippen LogP contribution in [0.15, 0.2) is 24.3 Å². The van der Waals surface area contributed by atoms with E-state index in [1.54, 1.807) is 0 Å². The van der Waals surface area contributed by atoms with Crippen LogP contribution in [0.5, 0.6) is 0 Å². The fourth-order valence-corrected chi connectivity index (χ4v) is 2.62. The Balaban J connectivity index is 2.08. The lowest BCUT2D eigenvalue weighted by Gasteiger charge is -2.32. The van der Waals surface area contributed by atoms with Crippen LogP contribution in [0.1, 0.15) is 44.6 Å². The number of benzene rings is 1. The molecule has 1 saturated carbocycles. The molecule has 1 aromatic rings. The first-order chi connectivity index (χ1) is 7.16. The summed E-state index contributed by atoms with van der Waals surface area (Å²) in [6, 6.07) is 8.45. The molecule has 1 heteroatoms. The molecule has 1 aromatic carbocycles. The number of rotatable bonds is 1. The molecule has 82 valence electrons. The van der Waals surface area contributed by atoms with Crippen molar-refractivity contribution >= 4 is 5.69 Å². The molecule has 1 fully saturated rings. The third-order valence-electron chi connectivity index (χ3n) is 4.01. The normalized spacial score (nSPS) is 31.5. The number of nitrogen functional groups attached to an aromatic ring is 1. The van der Waals surface area contributed by atoms with Gasteiger partial charge in [-0.1, -0.05) is 26.0 Å². The third-order valence-corrected chi connectivity index (χ3v) is 4.01. The Morgan fingerprint density at radius 2 is 1.67 bits per heavy atom. The molecule has 0 heterocycles. The molecule has 1 aliphatic carbocycles. The van der Waals surface area contributed by atoms with Crippen LogP contribution in [0.4, 0.5) is 5.69 Å². The van der Waals surface area contributed by atoms with Crippen LogP contribution in [0.25, 0.3) is 0 Å². The van der Waals surface area contributed by atoms with E-state index in [0.29, 0.717) is 0 Å². The van der Waals surface area contributed by atoms with E-state index in [9.17, 15) is 0 Å². The van der Waals surface area contributed by atoms with Crippen molar-refractivity contribution in [2.24, 2.45) is 11.8 Å². The minimum absolute atomic E-state index is 0.761. The van der Waals surface area contributed by atoms with Crippen LogP contribution >= 0.6 is 0 Å². The summed E-state index contributed by atoms with van der Waals surface area (Å²) in [5.74, 6) is 2.52. The number of anilines is 1. The summed E-state index contributed by atoms with van der Waals surface area (Å²) >= 11 is 0. The Morgan fingerprint density at radius 3 is 2.27 bits per heavy atom. The molecule has 0 bridgehead atoms. The summed E-state index contributed by atoms with van der Waals surface area (Å²) in [5, 5.41) is 0. The number of hydrogen-bond acceptors (Lipinski definition) is 1. The first-order valence-corrected chi connectivity index (χ1v) is 6.02. The highest BCUT2D eigenvalue weighted by molar-refractivity contribution is 5.40. The molecule has 15 heavy (non-hydrogen) atoms. The largest absolute Gasteiger partial charge is 0.399 e. The maximum Gasteiger partial charge on any atom is 0.0314 e. The van der Waals surface area contributed by atoms with Gasteiger partial charge in [0.2, 0.25) is 0 Å². The first-order valence-electron chi connectivity index (χ1n) is 6.02. The van der Waals surface area contributed by atoms with Crippen LogP contribution in [0, 0.1) is 11.8 Å². The van der Waals surface area contributed by atoms with E-state index in [2.05, 4.69) is 26.0 Å². The second kappa shape index (κ2) is 4.26. The standard InChI is InChI=1S/C14H21N/c1-10-3-4-13(9-11(10)2)12-5-7-14(15)8-6-12/h5-8,10-11,13H,3-4,9,15H2,1-2H3. The van der Waals surface area contributed by atoms with Gasteiger partial charge < -0.3 is 5.73 Å². The van der Waals surface area contributed by atoms with Crippen molar-refractivity contribution in [2.75, 3.05) is 5.73 Å². The van der Waals surface area contributed by atoms with Gasteiger partial charge in [0.1, 0.15) is 0 Å². The molecule has 0 aromatic heterocycles. The maximum atomic E-state index is 5.71. The predicted molar refractivity (Wildman–Crippen MR) is 65.8 cm³/mol. The van der Waals surface area contributed by atoms with Gasteiger partial charge >= 0.3 is 0 Å². The van der Waals surface area contributed by atoms with E-state index in [0.717, 1.165) is 23.4 Å². The molecule has 3 atom stereocenters. The van der Waals surface area contributed by atoms with Crippen molar-refractivity contribution in [1.82, 2.24) is 0 Å². The second-order valence-electron chi connectivity index (χ2n) is 5.13. The van der Waals surface area contributed by atoms with Crippen molar-refractivity contribution in [3.63, 3.8) is 0 Å². The molecular formula is C14H21N. The highest BCUT2D eigenvalue weighted by Gasteiger charge is 2.25. The zero-order valence-electron chi connectivity index (χ0n) is 9.74. The summed E-state index contributed by atoms with van der Waals surface area (Å²) in [5.41, 5.74) is 8.05. The van der Waals surface area contributed by atoms with E-state index in [4.69, 9.17) is 5.73 Å². The SMILES string of the molecule is CC1CCC(c2ccc(N)cc2)CC1C. The average Bonchev–Trinajstić information content (AvgIpc) is 2.23. The van der Waals surface area contributed by atoms with Crippen molar-refractivity contribution in [1.29, 1.82) is 0 Å². The summed E-state index contributed by atoms with van der Waals surface area (Å²) in [6.07, 6.45) is 4.05. The van der Waals surface area contributed by atoms with E-state index in [-0.39, 0.29) is 0 Å². The molecule has 3 unspecified atom stereocenters. The zero-order valence-corrected chi connectivity index (χ0v) is 9.74. The van der Waals surface area contributed by atoms with Gasteiger partial charge in [-0.2, -0.15) is 0 Å². The Labute approximate surface area is 92.7 Å². The summed E-state index contributed by atoms with van der Waals surface area (Å²) < 4.78 is 0. The lowest BCUT2D eigenvalue weighted by atomic mass is 9.73. The van der Waals surface area contributed by atoms with Gasteiger partial charge in [0.05, 0.1) is 0 Å². The molecular weight excluding hydrogens is 182 g/mol. The molecule has 0 radical (unpaired) electrons. The Kier molecular flexibility index (Phi) is 2.99. The van der Waals surface area contributed by atoms with Crippen LogP contribution in [-0.4, -0.2) is 0 Å². The van der Waals surface area contributed by atoms with Crippen molar-refractivity contribution < 1.29 is 0 Å². The van der Waals surface area contributed by atoms with Gasteiger partial charge in [-0.05, 0) is 54.7 Å². The minimum atomic E-state index is 0.761. The quantitative estimate of drug-likeness (QED) is 0.690. The van der Waals surface area contributed by atoms with Gasteiger partial charge in [-0.25, -0.2) is 0 Å². The molecule has 0 spiro atoms. The summed E-state index contributed by atoms with van der Waals surface area (Å²) in [4.78, 5) is 0. The van der Waals surface area contributed by atoms with E-state index >= 15 is 0 Å². The highest BCUT2D eigenvalue weighted by atomic mass is 14.5. The molecule has 0 saturated heterocycles. The highest BCUT2D eigenvalue weighted by Crippen LogP contribution is 2.39. The topological polar surface area (TPSA) is 26.0 Å². The second-order valence-corrected chi connectivity index (χ2v) is 5.13. The number of nitrogens with two attached hydrogens (primary N) is 1. The Hall–Kier alpha value is -0.980. The van der Waals surface area contributed by atoms with Crippen molar-refractivity contribution in [3.05, 3.63) is 29.8 Å². The van der Waals surface area contributed by atoms with Gasteiger partial charge in [-0.15, -0.1) is 0 Å². The summed E-state index contributed by atoms with van der Waals surface area (Å²) in [6.45, 7) is 4.76. The van der Waals surface area contributed by atoms with Gasteiger partial charge in [0.15, 0.2) is 0 Å². The van der Waals surface area contributed by atoms with E-state index < -0.39 is 0 Å². The molecule has 2 N–H and O–H groups in total. The smallest absolute Gasteiger partial charge is 0.0314 e. The van der Waals surface area contributed by atoms with Gasteiger partial charge in [0, 0.05) is 5.69 Å². The van der Waals surface area contributed by atoms with Crippen LogP contribution in [-0.2, 0) is 0 Å². The maximum absolute atomic E-state index is 5.71. The van der Waals surface area contributed by atoms with Gasteiger partial charge in [0.25, 0.3) is 0 Å². The lowest BCUT2D eigenvalue weighted by molar-refractivity contribution is 0.250. The monoisotopic (exact) mass is 203 g/mol. The Bertz CT molecular complexity index is 315. The van der Waals surface area contributed by atoms with Crippen molar-refractivity contribution in [3.8, 4) is 0 Å². The molecule has 2 rings (SSSR count). The Morgan fingerprint density at radius 1 is 1.00 bits per heavy atom. The van der Waals surface area contributed by atoms with Crippen LogP contribution < -0.4 is 5.73 Å². The fourth-order valence-electron chi connectivity index (χ4n) is 2.62.